The highest BCUT2D eigenvalue weighted by atomic mass is 16.5. The second kappa shape index (κ2) is 8.14. The van der Waals surface area contributed by atoms with Gasteiger partial charge in [0.25, 0.3) is 0 Å². The molecule has 0 spiro atoms. The molecule has 1 aromatic heterocycles. The number of hydrogen-bond acceptors (Lipinski definition) is 6. The Morgan fingerprint density at radius 1 is 1.11 bits per heavy atom. The lowest BCUT2D eigenvalue weighted by Crippen LogP contribution is -2.31. The normalized spacial score (nSPS) is 18.7. The summed E-state index contributed by atoms with van der Waals surface area (Å²) < 4.78 is 7.48. The van der Waals surface area contributed by atoms with E-state index in [1.165, 1.54) is 25.9 Å². The summed E-state index contributed by atoms with van der Waals surface area (Å²) in [4.78, 5) is 21.0. The van der Waals surface area contributed by atoms with Gasteiger partial charge in [-0.25, -0.2) is 9.78 Å². The molecule has 0 aliphatic carbocycles. The number of nitrogens with zero attached hydrogens (tertiary/aromatic N) is 4. The third-order valence-corrected chi connectivity index (χ3v) is 5.39. The number of nitrogens with one attached hydrogen (secondary N) is 1. The standard InChI is InChI=1S/C19H28N6O2/c20-18(26)27-16-6-3-5-15-17(16)22-19(24-11-4-7-21-8-12-24)25(15)14-13-23-9-1-2-10-23/h3,5-6,21H,1-2,4,7-14H2,(H2,20,26). The van der Waals surface area contributed by atoms with Crippen molar-refractivity contribution in [2.45, 2.75) is 25.8 Å². The molecule has 8 nitrogen and oxygen atoms in total. The third-order valence-electron chi connectivity index (χ3n) is 5.39. The number of benzene rings is 1. The maximum Gasteiger partial charge on any atom is 0.410 e. The number of ether oxygens (including phenoxy) is 1. The van der Waals surface area contributed by atoms with Gasteiger partial charge in [-0.05, 0) is 51.0 Å². The summed E-state index contributed by atoms with van der Waals surface area (Å²) in [5, 5.41) is 3.44. The summed E-state index contributed by atoms with van der Waals surface area (Å²) in [6.07, 6.45) is 2.84. The van der Waals surface area contributed by atoms with Crippen molar-refractivity contribution in [2.75, 3.05) is 50.7 Å². The van der Waals surface area contributed by atoms with Crippen molar-refractivity contribution in [3.8, 4) is 5.75 Å². The van der Waals surface area contributed by atoms with Crippen molar-refractivity contribution in [3.63, 3.8) is 0 Å². The molecule has 27 heavy (non-hydrogen) atoms. The summed E-state index contributed by atoms with van der Waals surface area (Å²) >= 11 is 0. The first-order chi connectivity index (χ1) is 13.2. The number of likely N-dealkylation sites (tertiary alicyclic amines) is 1. The van der Waals surface area contributed by atoms with Crippen LogP contribution in [0.2, 0.25) is 0 Å². The number of primary amides is 1. The van der Waals surface area contributed by atoms with Crippen molar-refractivity contribution >= 4 is 23.1 Å². The van der Waals surface area contributed by atoms with Crippen molar-refractivity contribution < 1.29 is 9.53 Å². The molecular formula is C19H28N6O2. The van der Waals surface area contributed by atoms with Gasteiger partial charge in [0, 0.05) is 32.7 Å². The van der Waals surface area contributed by atoms with Crippen molar-refractivity contribution in [1.82, 2.24) is 19.8 Å². The van der Waals surface area contributed by atoms with Crippen LogP contribution in [0.3, 0.4) is 0 Å². The average Bonchev–Trinajstić information content (AvgIpc) is 3.21. The number of aromatic nitrogens is 2. The van der Waals surface area contributed by atoms with E-state index >= 15 is 0 Å². The Balaban J connectivity index is 1.70. The fourth-order valence-corrected chi connectivity index (χ4v) is 4.06. The van der Waals surface area contributed by atoms with Gasteiger partial charge in [0.2, 0.25) is 5.95 Å². The third kappa shape index (κ3) is 4.01. The van der Waals surface area contributed by atoms with Crippen molar-refractivity contribution in [1.29, 1.82) is 0 Å². The lowest BCUT2D eigenvalue weighted by atomic mass is 10.3. The zero-order valence-electron chi connectivity index (χ0n) is 15.7. The highest BCUT2D eigenvalue weighted by Gasteiger charge is 2.22. The van der Waals surface area contributed by atoms with Crippen LogP contribution >= 0.6 is 0 Å². The minimum atomic E-state index is -0.811. The highest BCUT2D eigenvalue weighted by Crippen LogP contribution is 2.30. The molecule has 2 aromatic rings. The number of hydrogen-bond donors (Lipinski definition) is 2. The van der Waals surface area contributed by atoms with E-state index in [4.69, 9.17) is 15.5 Å². The van der Waals surface area contributed by atoms with E-state index in [2.05, 4.69) is 19.7 Å². The van der Waals surface area contributed by atoms with Crippen LogP contribution in [0.25, 0.3) is 11.0 Å². The van der Waals surface area contributed by atoms with E-state index in [1.807, 2.05) is 12.1 Å². The zero-order valence-corrected chi connectivity index (χ0v) is 15.7. The molecule has 2 aliphatic heterocycles. The predicted molar refractivity (Wildman–Crippen MR) is 105 cm³/mol. The smallest absolute Gasteiger partial charge is 0.408 e. The molecule has 0 atom stereocenters. The van der Waals surface area contributed by atoms with Gasteiger partial charge < -0.3 is 30.2 Å². The molecule has 0 saturated carbocycles. The van der Waals surface area contributed by atoms with Crippen LogP contribution in [0.1, 0.15) is 19.3 Å². The molecule has 2 saturated heterocycles. The van der Waals surface area contributed by atoms with E-state index < -0.39 is 6.09 Å². The number of fused-ring (bicyclic) bond motifs is 1. The van der Waals surface area contributed by atoms with E-state index in [0.717, 1.165) is 57.2 Å². The lowest BCUT2D eigenvalue weighted by Gasteiger charge is -2.23. The Bertz CT molecular complexity index is 791. The first-order valence-electron chi connectivity index (χ1n) is 9.87. The van der Waals surface area contributed by atoms with Gasteiger partial charge >= 0.3 is 6.09 Å². The fraction of sp³-hybridized carbons (Fsp3) is 0.579. The van der Waals surface area contributed by atoms with Crippen LogP contribution in [0.4, 0.5) is 10.7 Å². The Labute approximate surface area is 159 Å². The molecule has 4 rings (SSSR count). The SMILES string of the molecule is NC(=O)Oc1cccc2c1nc(N1CCCNCC1)n2CCN1CCCC1. The number of para-hydroxylation sites is 1. The van der Waals surface area contributed by atoms with Gasteiger partial charge in [-0.1, -0.05) is 6.07 Å². The van der Waals surface area contributed by atoms with Gasteiger partial charge in [-0.3, -0.25) is 0 Å². The predicted octanol–water partition coefficient (Wildman–Crippen LogP) is 1.39. The molecule has 1 aromatic carbocycles. The fourth-order valence-electron chi connectivity index (χ4n) is 4.06. The van der Waals surface area contributed by atoms with Crippen LogP contribution in [0.15, 0.2) is 18.2 Å². The van der Waals surface area contributed by atoms with Crippen LogP contribution in [0.5, 0.6) is 5.75 Å². The molecule has 8 heteroatoms. The second-order valence-electron chi connectivity index (χ2n) is 7.25. The Morgan fingerprint density at radius 3 is 2.78 bits per heavy atom. The molecule has 2 aliphatic rings. The van der Waals surface area contributed by atoms with Crippen LogP contribution in [0, 0.1) is 0 Å². The average molecular weight is 372 g/mol. The number of imidazole rings is 1. The number of carbonyl (C=O) groups excluding carboxylic acids is 1. The molecule has 0 radical (unpaired) electrons. The van der Waals surface area contributed by atoms with Gasteiger partial charge in [0.05, 0.1) is 5.52 Å². The van der Waals surface area contributed by atoms with Crippen molar-refractivity contribution in [2.24, 2.45) is 5.73 Å². The van der Waals surface area contributed by atoms with E-state index in [-0.39, 0.29) is 0 Å². The topological polar surface area (TPSA) is 88.6 Å². The first kappa shape index (κ1) is 18.1. The molecular weight excluding hydrogens is 344 g/mol. The number of amides is 1. The second-order valence-corrected chi connectivity index (χ2v) is 7.25. The summed E-state index contributed by atoms with van der Waals surface area (Å²) in [7, 11) is 0. The first-order valence-corrected chi connectivity index (χ1v) is 9.87. The minimum absolute atomic E-state index is 0.425. The number of nitrogens with two attached hydrogens (primary N) is 1. The van der Waals surface area contributed by atoms with E-state index in [0.29, 0.717) is 11.3 Å². The largest absolute Gasteiger partial charge is 0.410 e. The van der Waals surface area contributed by atoms with Crippen LogP contribution < -0.4 is 20.7 Å². The lowest BCUT2D eigenvalue weighted by molar-refractivity contribution is 0.211. The minimum Gasteiger partial charge on any atom is -0.408 e. The van der Waals surface area contributed by atoms with Gasteiger partial charge in [0.1, 0.15) is 5.52 Å². The van der Waals surface area contributed by atoms with Crippen LogP contribution in [-0.2, 0) is 6.54 Å². The van der Waals surface area contributed by atoms with E-state index in [1.54, 1.807) is 6.07 Å². The van der Waals surface area contributed by atoms with Gasteiger partial charge in [0.15, 0.2) is 5.75 Å². The molecule has 0 unspecified atom stereocenters. The maximum atomic E-state index is 11.3. The Kier molecular flexibility index (Phi) is 5.45. The Hall–Kier alpha value is -2.32. The highest BCUT2D eigenvalue weighted by molar-refractivity contribution is 5.87. The van der Waals surface area contributed by atoms with Gasteiger partial charge in [-0.2, -0.15) is 0 Å². The number of anilines is 1. The summed E-state index contributed by atoms with van der Waals surface area (Å²) in [6.45, 7) is 8.07. The summed E-state index contributed by atoms with van der Waals surface area (Å²) in [5.41, 5.74) is 6.93. The molecule has 3 N–H and O–H groups in total. The molecule has 0 bridgehead atoms. The summed E-state index contributed by atoms with van der Waals surface area (Å²) in [6, 6.07) is 5.68. The van der Waals surface area contributed by atoms with Crippen LogP contribution in [-0.4, -0.2) is 66.4 Å². The quantitative estimate of drug-likeness (QED) is 0.825. The molecule has 146 valence electrons. The van der Waals surface area contributed by atoms with Crippen molar-refractivity contribution in [3.05, 3.63) is 18.2 Å². The number of carbonyl (C=O) groups is 1. The van der Waals surface area contributed by atoms with E-state index in [9.17, 15) is 4.79 Å². The number of rotatable bonds is 5. The van der Waals surface area contributed by atoms with Gasteiger partial charge in [-0.15, -0.1) is 0 Å². The molecule has 3 heterocycles. The molecule has 2 fully saturated rings. The zero-order chi connectivity index (χ0) is 18.6. The Morgan fingerprint density at radius 2 is 1.96 bits per heavy atom. The monoisotopic (exact) mass is 372 g/mol. The maximum absolute atomic E-state index is 11.3. The molecule has 1 amide bonds. The summed E-state index contributed by atoms with van der Waals surface area (Å²) in [5.74, 6) is 1.38.